The second kappa shape index (κ2) is 5.58. The number of pyridine rings is 1. The van der Waals surface area contributed by atoms with Crippen LogP contribution in [-0.2, 0) is 11.3 Å². The van der Waals surface area contributed by atoms with Crippen LogP contribution in [0.5, 0.6) is 0 Å². The van der Waals surface area contributed by atoms with Gasteiger partial charge in [-0.15, -0.1) is 0 Å². The molecule has 1 aliphatic carbocycles. The largest absolute Gasteiger partial charge is 0.372 e. The molecule has 0 aromatic carbocycles. The number of hydrogen-bond donors (Lipinski definition) is 0. The molecule has 2 rings (SSSR count). The number of halogens is 1. The maximum atomic E-state index is 6.01. The average molecular weight is 268 g/mol. The Morgan fingerprint density at radius 2 is 2.17 bits per heavy atom. The van der Waals surface area contributed by atoms with E-state index in [4.69, 9.17) is 16.3 Å². The van der Waals surface area contributed by atoms with E-state index in [0.29, 0.717) is 23.3 Å². The fourth-order valence-corrected chi connectivity index (χ4v) is 3.30. The van der Waals surface area contributed by atoms with Crippen LogP contribution in [-0.4, -0.2) is 11.1 Å². The van der Waals surface area contributed by atoms with Crippen molar-refractivity contribution >= 4 is 11.6 Å². The lowest BCUT2D eigenvalue weighted by Crippen LogP contribution is -2.32. The summed E-state index contributed by atoms with van der Waals surface area (Å²) in [6, 6.07) is 5.67. The normalized spacial score (nSPS) is 27.1. The van der Waals surface area contributed by atoms with Gasteiger partial charge in [0.25, 0.3) is 0 Å². The molecule has 2 unspecified atom stereocenters. The molecule has 0 amide bonds. The van der Waals surface area contributed by atoms with Crippen LogP contribution in [0, 0.1) is 11.3 Å². The maximum absolute atomic E-state index is 6.01. The molecule has 1 aromatic heterocycles. The molecule has 1 saturated carbocycles. The van der Waals surface area contributed by atoms with Crippen LogP contribution in [0.25, 0.3) is 0 Å². The third kappa shape index (κ3) is 3.96. The van der Waals surface area contributed by atoms with Gasteiger partial charge in [-0.05, 0) is 42.7 Å². The standard InChI is InChI=1S/C15H22ClNO/c1-11-7-13(9-15(2,3)8-11)18-10-12-5-4-6-14(16)17-12/h4-6,11,13H,7-10H2,1-3H3. The van der Waals surface area contributed by atoms with Gasteiger partial charge in [0.2, 0.25) is 0 Å². The molecule has 3 heteroatoms. The van der Waals surface area contributed by atoms with E-state index in [2.05, 4.69) is 25.8 Å². The van der Waals surface area contributed by atoms with Crippen molar-refractivity contribution in [2.75, 3.05) is 0 Å². The van der Waals surface area contributed by atoms with Crippen molar-refractivity contribution in [3.63, 3.8) is 0 Å². The van der Waals surface area contributed by atoms with Crippen molar-refractivity contribution in [1.82, 2.24) is 4.98 Å². The Kier molecular flexibility index (Phi) is 4.29. The van der Waals surface area contributed by atoms with E-state index in [1.807, 2.05) is 12.1 Å². The molecule has 0 saturated heterocycles. The first-order valence-electron chi connectivity index (χ1n) is 6.68. The summed E-state index contributed by atoms with van der Waals surface area (Å²) in [7, 11) is 0. The van der Waals surface area contributed by atoms with E-state index in [9.17, 15) is 0 Å². The highest BCUT2D eigenvalue weighted by Crippen LogP contribution is 2.39. The van der Waals surface area contributed by atoms with Crippen LogP contribution in [0.3, 0.4) is 0 Å². The molecule has 1 aliphatic rings. The summed E-state index contributed by atoms with van der Waals surface area (Å²) in [5.74, 6) is 0.742. The van der Waals surface area contributed by atoms with Crippen molar-refractivity contribution in [1.29, 1.82) is 0 Å². The zero-order valence-corrected chi connectivity index (χ0v) is 12.2. The average Bonchev–Trinajstić information content (AvgIpc) is 2.24. The van der Waals surface area contributed by atoms with E-state index in [1.54, 1.807) is 6.07 Å². The smallest absolute Gasteiger partial charge is 0.129 e. The van der Waals surface area contributed by atoms with Gasteiger partial charge < -0.3 is 4.74 Å². The lowest BCUT2D eigenvalue weighted by Gasteiger charge is -2.38. The summed E-state index contributed by atoms with van der Waals surface area (Å²) in [5.41, 5.74) is 1.31. The Hall–Kier alpha value is -0.600. The highest BCUT2D eigenvalue weighted by atomic mass is 35.5. The predicted octanol–water partition coefficient (Wildman–Crippen LogP) is 4.47. The van der Waals surface area contributed by atoms with Crippen molar-refractivity contribution in [3.8, 4) is 0 Å². The van der Waals surface area contributed by atoms with Gasteiger partial charge >= 0.3 is 0 Å². The number of hydrogen-bond acceptors (Lipinski definition) is 2. The SMILES string of the molecule is CC1CC(OCc2cccc(Cl)n2)CC(C)(C)C1. The Bertz CT molecular complexity index is 405. The zero-order valence-electron chi connectivity index (χ0n) is 11.4. The summed E-state index contributed by atoms with van der Waals surface area (Å²) in [6.45, 7) is 7.54. The van der Waals surface area contributed by atoms with Gasteiger partial charge in [-0.2, -0.15) is 0 Å². The Morgan fingerprint density at radius 3 is 2.83 bits per heavy atom. The molecule has 0 spiro atoms. The van der Waals surface area contributed by atoms with Crippen molar-refractivity contribution in [2.45, 2.75) is 52.7 Å². The summed E-state index contributed by atoms with van der Waals surface area (Å²) < 4.78 is 6.01. The first-order chi connectivity index (χ1) is 8.44. The van der Waals surface area contributed by atoms with E-state index in [-0.39, 0.29) is 0 Å². The number of ether oxygens (including phenoxy) is 1. The highest BCUT2D eigenvalue weighted by Gasteiger charge is 2.32. The minimum Gasteiger partial charge on any atom is -0.372 e. The topological polar surface area (TPSA) is 22.1 Å². The molecule has 1 fully saturated rings. The van der Waals surface area contributed by atoms with E-state index in [1.165, 1.54) is 6.42 Å². The van der Waals surface area contributed by atoms with Gasteiger partial charge in [0.05, 0.1) is 18.4 Å². The van der Waals surface area contributed by atoms with Crippen LogP contribution in [0.1, 0.15) is 45.7 Å². The van der Waals surface area contributed by atoms with E-state index >= 15 is 0 Å². The number of nitrogens with zero attached hydrogens (tertiary/aromatic N) is 1. The zero-order chi connectivity index (χ0) is 13.2. The third-order valence-corrected chi connectivity index (χ3v) is 3.80. The van der Waals surface area contributed by atoms with Crippen molar-refractivity contribution in [3.05, 3.63) is 29.0 Å². The fourth-order valence-electron chi connectivity index (χ4n) is 3.12. The van der Waals surface area contributed by atoms with Gasteiger partial charge in [0.1, 0.15) is 5.15 Å². The molecule has 0 aliphatic heterocycles. The summed E-state index contributed by atoms with van der Waals surface area (Å²) in [4.78, 5) is 4.25. The van der Waals surface area contributed by atoms with Crippen molar-refractivity contribution < 1.29 is 4.74 Å². The molecular formula is C15H22ClNO. The van der Waals surface area contributed by atoms with Gasteiger partial charge in [-0.25, -0.2) is 4.98 Å². The van der Waals surface area contributed by atoms with E-state index in [0.717, 1.165) is 24.5 Å². The number of rotatable bonds is 3. The Morgan fingerprint density at radius 1 is 1.39 bits per heavy atom. The monoisotopic (exact) mass is 267 g/mol. The van der Waals surface area contributed by atoms with Crippen LogP contribution in [0.2, 0.25) is 5.15 Å². The molecule has 2 atom stereocenters. The third-order valence-electron chi connectivity index (χ3n) is 3.59. The Labute approximate surface area is 115 Å². The van der Waals surface area contributed by atoms with Gasteiger partial charge in [-0.1, -0.05) is 38.4 Å². The van der Waals surface area contributed by atoms with Gasteiger partial charge in [0.15, 0.2) is 0 Å². The second-order valence-corrected chi connectivity index (χ2v) is 6.69. The molecule has 2 nitrogen and oxygen atoms in total. The predicted molar refractivity (Wildman–Crippen MR) is 74.6 cm³/mol. The minimum absolute atomic E-state index is 0.351. The number of aromatic nitrogens is 1. The maximum Gasteiger partial charge on any atom is 0.129 e. The highest BCUT2D eigenvalue weighted by molar-refractivity contribution is 6.29. The van der Waals surface area contributed by atoms with Gasteiger partial charge in [-0.3, -0.25) is 0 Å². The van der Waals surface area contributed by atoms with Gasteiger partial charge in [0, 0.05) is 0 Å². The first kappa shape index (κ1) is 13.8. The summed E-state index contributed by atoms with van der Waals surface area (Å²) in [6.07, 6.45) is 3.94. The molecule has 100 valence electrons. The molecule has 1 heterocycles. The summed E-state index contributed by atoms with van der Waals surface area (Å²) in [5, 5.41) is 0.536. The lowest BCUT2D eigenvalue weighted by atomic mass is 9.71. The Balaban J connectivity index is 1.90. The fraction of sp³-hybridized carbons (Fsp3) is 0.667. The van der Waals surface area contributed by atoms with Crippen LogP contribution in [0.4, 0.5) is 0 Å². The molecule has 0 bridgehead atoms. The first-order valence-corrected chi connectivity index (χ1v) is 7.05. The molecular weight excluding hydrogens is 246 g/mol. The van der Waals surface area contributed by atoms with Crippen LogP contribution < -0.4 is 0 Å². The summed E-state index contributed by atoms with van der Waals surface area (Å²) >= 11 is 5.87. The van der Waals surface area contributed by atoms with Crippen molar-refractivity contribution in [2.24, 2.45) is 11.3 Å². The molecule has 0 N–H and O–H groups in total. The van der Waals surface area contributed by atoms with E-state index < -0.39 is 0 Å². The molecule has 18 heavy (non-hydrogen) atoms. The van der Waals surface area contributed by atoms with Crippen LogP contribution in [0.15, 0.2) is 18.2 Å². The lowest BCUT2D eigenvalue weighted by molar-refractivity contribution is -0.0326. The van der Waals surface area contributed by atoms with Crippen LogP contribution >= 0.6 is 11.6 Å². The molecule has 1 aromatic rings. The second-order valence-electron chi connectivity index (χ2n) is 6.30. The quantitative estimate of drug-likeness (QED) is 0.754. The minimum atomic E-state index is 0.351. The molecule has 0 radical (unpaired) electrons.